The summed E-state index contributed by atoms with van der Waals surface area (Å²) < 4.78 is 0. The monoisotopic (exact) mass is 236 g/mol. The summed E-state index contributed by atoms with van der Waals surface area (Å²) in [5.74, 6) is 1.51. The molecular weight excluding hydrogens is 212 g/mol. The van der Waals surface area contributed by atoms with Gasteiger partial charge in [0, 0.05) is 17.8 Å². The number of aliphatic hydroxyl groups is 1. The number of rotatable bonds is 6. The molecule has 17 heavy (non-hydrogen) atoms. The summed E-state index contributed by atoms with van der Waals surface area (Å²) in [6, 6.07) is 2.01. The highest BCUT2D eigenvalue weighted by atomic mass is 16.3. The van der Waals surface area contributed by atoms with E-state index in [4.69, 9.17) is 0 Å². The van der Waals surface area contributed by atoms with E-state index in [9.17, 15) is 5.11 Å². The second-order valence-corrected chi connectivity index (χ2v) is 4.63. The molecule has 2 N–H and O–H groups in total. The average molecular weight is 236 g/mol. The van der Waals surface area contributed by atoms with Crippen LogP contribution in [0.1, 0.15) is 43.5 Å². The Kier molecular flexibility index (Phi) is 5.42. The number of nitrogens with zero attached hydrogens (tertiary/aromatic N) is 1. The molecule has 0 unspecified atom stereocenters. The summed E-state index contributed by atoms with van der Waals surface area (Å²) in [5, 5.41) is 12.8. The summed E-state index contributed by atoms with van der Waals surface area (Å²) in [6.45, 7) is 9.38. The summed E-state index contributed by atoms with van der Waals surface area (Å²) in [7, 11) is 0. The van der Waals surface area contributed by atoms with E-state index >= 15 is 0 Å². The van der Waals surface area contributed by atoms with Crippen molar-refractivity contribution in [1.29, 1.82) is 0 Å². The Morgan fingerprint density at radius 2 is 1.94 bits per heavy atom. The first-order valence-electron chi connectivity index (χ1n) is 6.44. The minimum atomic E-state index is 0.0460. The van der Waals surface area contributed by atoms with Crippen molar-refractivity contribution in [3.63, 3.8) is 0 Å². The Bertz CT molecular complexity index is 359. The molecule has 96 valence electrons. The molecule has 0 aliphatic carbocycles. The highest BCUT2D eigenvalue weighted by Crippen LogP contribution is 2.19. The van der Waals surface area contributed by atoms with Gasteiger partial charge in [-0.3, -0.25) is 0 Å². The van der Waals surface area contributed by atoms with Gasteiger partial charge in [0.15, 0.2) is 0 Å². The number of nitrogens with one attached hydrogen (secondary N) is 1. The van der Waals surface area contributed by atoms with Gasteiger partial charge < -0.3 is 10.4 Å². The predicted molar refractivity (Wildman–Crippen MR) is 72.2 cm³/mol. The lowest BCUT2D eigenvalue weighted by molar-refractivity contribution is 0.281. The Morgan fingerprint density at radius 3 is 2.47 bits per heavy atom. The van der Waals surface area contributed by atoms with Gasteiger partial charge in [-0.25, -0.2) is 4.98 Å². The molecule has 3 heteroatoms. The van der Waals surface area contributed by atoms with Crippen LogP contribution in [0.2, 0.25) is 0 Å². The lowest BCUT2D eigenvalue weighted by atomic mass is 10.0. The maximum absolute atomic E-state index is 9.39. The quantitative estimate of drug-likeness (QED) is 0.798. The Morgan fingerprint density at radius 1 is 1.29 bits per heavy atom. The highest BCUT2D eigenvalue weighted by Gasteiger charge is 2.09. The van der Waals surface area contributed by atoms with Crippen LogP contribution in [0.15, 0.2) is 6.07 Å². The second kappa shape index (κ2) is 6.60. The molecule has 0 radical (unpaired) electrons. The van der Waals surface area contributed by atoms with E-state index in [1.54, 1.807) is 0 Å². The molecular formula is C14H24N2O. The fourth-order valence-electron chi connectivity index (χ4n) is 2.03. The van der Waals surface area contributed by atoms with Gasteiger partial charge in [0.25, 0.3) is 0 Å². The smallest absolute Gasteiger partial charge is 0.132 e. The molecule has 3 nitrogen and oxygen atoms in total. The molecule has 0 saturated heterocycles. The third-order valence-electron chi connectivity index (χ3n) is 3.35. The SMILES string of the molecule is CCC(CC)CNc1nc(C)cc(C)c1CO. The number of aromatic nitrogens is 1. The van der Waals surface area contributed by atoms with Crippen LogP contribution in [0.3, 0.4) is 0 Å². The third-order valence-corrected chi connectivity index (χ3v) is 3.35. The van der Waals surface area contributed by atoms with Gasteiger partial charge in [0.1, 0.15) is 5.82 Å². The molecule has 1 aromatic heterocycles. The van der Waals surface area contributed by atoms with Crippen LogP contribution >= 0.6 is 0 Å². The molecule has 0 atom stereocenters. The Hall–Kier alpha value is -1.09. The molecule has 1 rings (SSSR count). The van der Waals surface area contributed by atoms with Crippen LogP contribution in [0.4, 0.5) is 5.82 Å². The van der Waals surface area contributed by atoms with Gasteiger partial charge in [-0.05, 0) is 31.4 Å². The molecule has 0 bridgehead atoms. The van der Waals surface area contributed by atoms with E-state index in [0.717, 1.165) is 29.2 Å². The highest BCUT2D eigenvalue weighted by molar-refractivity contribution is 5.49. The molecule has 0 aromatic carbocycles. The van der Waals surface area contributed by atoms with E-state index in [-0.39, 0.29) is 6.61 Å². The van der Waals surface area contributed by atoms with E-state index in [2.05, 4.69) is 24.1 Å². The standard InChI is InChI=1S/C14H24N2O/c1-5-12(6-2)8-15-14-13(9-17)10(3)7-11(4)16-14/h7,12,17H,5-6,8-9H2,1-4H3,(H,15,16). The predicted octanol–water partition coefficient (Wildman–Crippen LogP) is 3.04. The van der Waals surface area contributed by atoms with Crippen LogP contribution in [0, 0.1) is 19.8 Å². The van der Waals surface area contributed by atoms with Crippen molar-refractivity contribution < 1.29 is 5.11 Å². The first-order chi connectivity index (χ1) is 8.12. The third kappa shape index (κ3) is 3.70. The lowest BCUT2D eigenvalue weighted by Crippen LogP contribution is -2.15. The van der Waals surface area contributed by atoms with Gasteiger partial charge in [-0.15, -0.1) is 0 Å². The molecule has 0 saturated carbocycles. The van der Waals surface area contributed by atoms with E-state index in [1.165, 1.54) is 12.8 Å². The summed E-state index contributed by atoms with van der Waals surface area (Å²) in [6.07, 6.45) is 2.34. The summed E-state index contributed by atoms with van der Waals surface area (Å²) >= 11 is 0. The number of aliphatic hydroxyl groups excluding tert-OH is 1. The summed E-state index contributed by atoms with van der Waals surface area (Å²) in [4.78, 5) is 4.47. The van der Waals surface area contributed by atoms with Gasteiger partial charge in [-0.2, -0.15) is 0 Å². The van der Waals surface area contributed by atoms with Gasteiger partial charge in [-0.1, -0.05) is 26.7 Å². The summed E-state index contributed by atoms with van der Waals surface area (Å²) in [5.41, 5.74) is 3.01. The molecule has 0 spiro atoms. The second-order valence-electron chi connectivity index (χ2n) is 4.63. The van der Waals surface area contributed by atoms with Crippen LogP contribution in [-0.4, -0.2) is 16.6 Å². The minimum Gasteiger partial charge on any atom is -0.392 e. The number of anilines is 1. The van der Waals surface area contributed by atoms with Crippen molar-refractivity contribution in [2.75, 3.05) is 11.9 Å². The van der Waals surface area contributed by atoms with Crippen LogP contribution in [-0.2, 0) is 6.61 Å². The maximum atomic E-state index is 9.39. The Labute approximate surface area is 104 Å². The van der Waals surface area contributed by atoms with E-state index < -0.39 is 0 Å². The van der Waals surface area contributed by atoms with Crippen molar-refractivity contribution in [3.8, 4) is 0 Å². The van der Waals surface area contributed by atoms with Crippen LogP contribution in [0.25, 0.3) is 0 Å². The minimum absolute atomic E-state index is 0.0460. The van der Waals surface area contributed by atoms with Gasteiger partial charge >= 0.3 is 0 Å². The van der Waals surface area contributed by atoms with Gasteiger partial charge in [0.05, 0.1) is 6.61 Å². The van der Waals surface area contributed by atoms with E-state index in [1.807, 2.05) is 19.9 Å². The molecule has 1 heterocycles. The number of hydrogen-bond acceptors (Lipinski definition) is 3. The normalized spacial score (nSPS) is 10.9. The zero-order valence-electron chi connectivity index (χ0n) is 11.4. The molecule has 0 aliphatic heterocycles. The van der Waals surface area contributed by atoms with Crippen LogP contribution in [0.5, 0.6) is 0 Å². The number of pyridine rings is 1. The van der Waals surface area contributed by atoms with Gasteiger partial charge in [0.2, 0.25) is 0 Å². The first-order valence-corrected chi connectivity index (χ1v) is 6.44. The van der Waals surface area contributed by atoms with Crippen molar-refractivity contribution in [2.24, 2.45) is 5.92 Å². The van der Waals surface area contributed by atoms with E-state index in [0.29, 0.717) is 5.92 Å². The first kappa shape index (κ1) is 14.0. The fraction of sp³-hybridized carbons (Fsp3) is 0.643. The zero-order valence-corrected chi connectivity index (χ0v) is 11.4. The van der Waals surface area contributed by atoms with Crippen molar-refractivity contribution in [2.45, 2.75) is 47.1 Å². The topological polar surface area (TPSA) is 45.2 Å². The molecule has 0 fully saturated rings. The van der Waals surface area contributed by atoms with Crippen LogP contribution < -0.4 is 5.32 Å². The number of hydrogen-bond donors (Lipinski definition) is 2. The molecule has 1 aromatic rings. The van der Waals surface area contributed by atoms with Crippen molar-refractivity contribution in [1.82, 2.24) is 4.98 Å². The largest absolute Gasteiger partial charge is 0.392 e. The molecule has 0 amide bonds. The van der Waals surface area contributed by atoms with Crippen molar-refractivity contribution in [3.05, 3.63) is 22.9 Å². The Balaban J connectivity index is 2.82. The maximum Gasteiger partial charge on any atom is 0.132 e. The zero-order chi connectivity index (χ0) is 12.8. The number of aryl methyl sites for hydroxylation is 2. The molecule has 0 aliphatic rings. The average Bonchev–Trinajstić information content (AvgIpc) is 2.29. The lowest BCUT2D eigenvalue weighted by Gasteiger charge is -2.17. The van der Waals surface area contributed by atoms with Crippen molar-refractivity contribution >= 4 is 5.82 Å². The fourth-order valence-corrected chi connectivity index (χ4v) is 2.03.